The van der Waals surface area contributed by atoms with E-state index in [1.165, 1.54) is 11.8 Å². The molecule has 0 bridgehead atoms. The Morgan fingerprint density at radius 1 is 1.09 bits per heavy atom. The van der Waals surface area contributed by atoms with Gasteiger partial charge in [-0.15, -0.1) is 11.8 Å². The van der Waals surface area contributed by atoms with Crippen molar-refractivity contribution in [2.24, 2.45) is 0 Å². The van der Waals surface area contributed by atoms with Gasteiger partial charge in [-0.25, -0.2) is 0 Å². The molecule has 2 aromatic carbocycles. The lowest BCUT2D eigenvalue weighted by Gasteiger charge is -2.31. The van der Waals surface area contributed by atoms with Crippen LogP contribution in [-0.4, -0.2) is 41.7 Å². The third kappa shape index (κ3) is 7.75. The normalized spacial score (nSPS) is 12.7. The Bertz CT molecular complexity index is 876. The molecule has 0 aliphatic heterocycles. The number of hydrogen-bond acceptors (Lipinski definition) is 4. The summed E-state index contributed by atoms with van der Waals surface area (Å²) in [7, 11) is 1.62. The fourth-order valence-corrected chi connectivity index (χ4v) is 4.43. The second-order valence-electron chi connectivity index (χ2n) is 7.70. The average molecular weight is 477 g/mol. The van der Waals surface area contributed by atoms with E-state index in [1.54, 1.807) is 12.0 Å². The van der Waals surface area contributed by atoms with Gasteiger partial charge in [-0.05, 0) is 49.1 Å². The van der Waals surface area contributed by atoms with Crippen molar-refractivity contribution in [3.05, 3.63) is 64.7 Å². The van der Waals surface area contributed by atoms with Crippen LogP contribution in [0.2, 0.25) is 5.02 Å². The maximum absolute atomic E-state index is 13.3. The van der Waals surface area contributed by atoms with Gasteiger partial charge in [-0.1, -0.05) is 55.8 Å². The van der Waals surface area contributed by atoms with Crippen LogP contribution < -0.4 is 10.1 Å². The van der Waals surface area contributed by atoms with Gasteiger partial charge in [0.05, 0.1) is 12.9 Å². The minimum absolute atomic E-state index is 0.0593. The average Bonchev–Trinajstić information content (AvgIpc) is 2.80. The van der Waals surface area contributed by atoms with Gasteiger partial charge >= 0.3 is 0 Å². The second-order valence-corrected chi connectivity index (χ2v) is 9.09. The van der Waals surface area contributed by atoms with Gasteiger partial charge in [-0.2, -0.15) is 0 Å². The first kappa shape index (κ1) is 26.1. The van der Waals surface area contributed by atoms with E-state index in [4.69, 9.17) is 16.3 Å². The lowest BCUT2D eigenvalue weighted by atomic mass is 10.1. The Kier molecular flexibility index (Phi) is 10.9. The molecule has 0 heterocycles. The number of nitrogens with zero attached hydrogens (tertiary/aromatic N) is 1. The summed E-state index contributed by atoms with van der Waals surface area (Å²) in [6.45, 7) is 6.30. The van der Waals surface area contributed by atoms with E-state index in [9.17, 15) is 9.59 Å². The highest BCUT2D eigenvalue weighted by atomic mass is 35.5. The predicted molar refractivity (Wildman–Crippen MR) is 133 cm³/mol. The molecule has 5 nitrogen and oxygen atoms in total. The summed E-state index contributed by atoms with van der Waals surface area (Å²) in [5.41, 5.74) is 1.94. The number of amides is 2. The number of carbonyl (C=O) groups excluding carboxylic acids is 2. The van der Waals surface area contributed by atoms with E-state index in [2.05, 4.69) is 5.32 Å². The number of methoxy groups -OCH3 is 1. The summed E-state index contributed by atoms with van der Waals surface area (Å²) >= 11 is 7.74. The Morgan fingerprint density at radius 2 is 1.78 bits per heavy atom. The van der Waals surface area contributed by atoms with Crippen molar-refractivity contribution in [3.63, 3.8) is 0 Å². The van der Waals surface area contributed by atoms with Crippen LogP contribution in [0.15, 0.2) is 48.5 Å². The molecule has 1 N–H and O–H groups in total. The van der Waals surface area contributed by atoms with Gasteiger partial charge in [0.2, 0.25) is 11.8 Å². The zero-order chi connectivity index (χ0) is 23.5. The van der Waals surface area contributed by atoms with E-state index in [0.717, 1.165) is 23.3 Å². The summed E-state index contributed by atoms with van der Waals surface area (Å²) in [5.74, 6) is 1.49. The van der Waals surface area contributed by atoms with Crippen LogP contribution in [0.5, 0.6) is 5.75 Å². The maximum atomic E-state index is 13.3. The molecule has 0 radical (unpaired) electrons. The van der Waals surface area contributed by atoms with Gasteiger partial charge in [-0.3, -0.25) is 9.59 Å². The minimum atomic E-state index is -0.528. The molecule has 174 valence electrons. The fraction of sp³-hybridized carbons (Fsp3) is 0.440. The number of hydrogen-bond donors (Lipinski definition) is 1. The summed E-state index contributed by atoms with van der Waals surface area (Å²) in [5, 5.41) is 3.73. The van der Waals surface area contributed by atoms with Gasteiger partial charge in [0.15, 0.2) is 0 Å². The first-order valence-corrected chi connectivity index (χ1v) is 12.5. The van der Waals surface area contributed by atoms with Crippen LogP contribution in [0.3, 0.4) is 0 Å². The summed E-state index contributed by atoms with van der Waals surface area (Å²) in [6.07, 6.45) is 1.38. The summed E-state index contributed by atoms with van der Waals surface area (Å²) in [6, 6.07) is 14.7. The van der Waals surface area contributed by atoms with Crippen molar-refractivity contribution < 1.29 is 14.3 Å². The molecule has 2 atom stereocenters. The molecule has 0 aliphatic carbocycles. The molecule has 0 fully saturated rings. The molecule has 32 heavy (non-hydrogen) atoms. The number of nitrogens with one attached hydrogen (secondary N) is 1. The number of carbonyl (C=O) groups is 2. The van der Waals surface area contributed by atoms with Gasteiger partial charge in [0.1, 0.15) is 11.8 Å². The van der Waals surface area contributed by atoms with Crippen molar-refractivity contribution in [1.29, 1.82) is 0 Å². The highest BCUT2D eigenvalue weighted by Crippen LogP contribution is 2.22. The summed E-state index contributed by atoms with van der Waals surface area (Å²) in [4.78, 5) is 27.9. The molecule has 0 saturated carbocycles. The van der Waals surface area contributed by atoms with Crippen LogP contribution in [0.4, 0.5) is 0 Å². The second kappa shape index (κ2) is 13.4. The molecular formula is C25H33ClN2O3S. The van der Waals surface area contributed by atoms with E-state index in [0.29, 0.717) is 23.7 Å². The van der Waals surface area contributed by atoms with Crippen LogP contribution in [0.1, 0.15) is 44.7 Å². The van der Waals surface area contributed by atoms with E-state index in [-0.39, 0.29) is 23.6 Å². The molecule has 0 aliphatic rings. The minimum Gasteiger partial charge on any atom is -0.497 e. The smallest absolute Gasteiger partial charge is 0.243 e. The molecule has 0 saturated heterocycles. The van der Waals surface area contributed by atoms with Crippen LogP contribution in [-0.2, 0) is 21.9 Å². The standard InChI is InChI=1S/C25H33ClN2O3S/c1-5-18(3)27-25(30)23(6-2)28(15-19-11-13-21(31-4)14-12-19)24(29)17-32-16-20-9-7-8-10-22(20)26/h7-14,18,23H,5-6,15-17H2,1-4H3,(H,27,30)/t18-,23+/m0/s1. The Hall–Kier alpha value is -2.18. The van der Waals surface area contributed by atoms with Crippen molar-refractivity contribution in [2.45, 2.75) is 58.0 Å². The van der Waals surface area contributed by atoms with Crippen LogP contribution >= 0.6 is 23.4 Å². The van der Waals surface area contributed by atoms with Crippen LogP contribution in [0.25, 0.3) is 0 Å². The number of halogens is 1. The first-order chi connectivity index (χ1) is 15.4. The number of rotatable bonds is 12. The van der Waals surface area contributed by atoms with E-state index >= 15 is 0 Å². The maximum Gasteiger partial charge on any atom is 0.243 e. The molecule has 2 rings (SSSR count). The Morgan fingerprint density at radius 3 is 2.38 bits per heavy atom. The number of thioether (sulfide) groups is 1. The summed E-state index contributed by atoms with van der Waals surface area (Å²) < 4.78 is 5.23. The number of benzene rings is 2. The van der Waals surface area contributed by atoms with Crippen molar-refractivity contribution in [3.8, 4) is 5.75 Å². The third-order valence-corrected chi connectivity index (χ3v) is 6.67. The van der Waals surface area contributed by atoms with Crippen molar-refractivity contribution in [2.75, 3.05) is 12.9 Å². The highest BCUT2D eigenvalue weighted by molar-refractivity contribution is 7.99. The van der Waals surface area contributed by atoms with Crippen molar-refractivity contribution in [1.82, 2.24) is 10.2 Å². The lowest BCUT2D eigenvalue weighted by Crippen LogP contribution is -2.51. The predicted octanol–water partition coefficient (Wildman–Crippen LogP) is 5.30. The van der Waals surface area contributed by atoms with E-state index in [1.807, 2.05) is 69.3 Å². The quantitative estimate of drug-likeness (QED) is 0.451. The Balaban J connectivity index is 2.15. The Labute approximate surface area is 200 Å². The third-order valence-electron chi connectivity index (χ3n) is 5.34. The zero-order valence-corrected chi connectivity index (χ0v) is 20.8. The molecule has 0 unspecified atom stereocenters. The highest BCUT2D eigenvalue weighted by Gasteiger charge is 2.29. The molecule has 0 aromatic heterocycles. The molecule has 2 aromatic rings. The monoisotopic (exact) mass is 476 g/mol. The first-order valence-electron chi connectivity index (χ1n) is 10.9. The van der Waals surface area contributed by atoms with E-state index < -0.39 is 6.04 Å². The topological polar surface area (TPSA) is 58.6 Å². The van der Waals surface area contributed by atoms with Crippen LogP contribution in [0, 0.1) is 0 Å². The van der Waals surface area contributed by atoms with Crippen molar-refractivity contribution >= 4 is 35.2 Å². The van der Waals surface area contributed by atoms with Gasteiger partial charge in [0.25, 0.3) is 0 Å². The molecule has 0 spiro atoms. The zero-order valence-electron chi connectivity index (χ0n) is 19.3. The van der Waals surface area contributed by atoms with Gasteiger partial charge in [0, 0.05) is 23.4 Å². The lowest BCUT2D eigenvalue weighted by molar-refractivity contribution is -0.139. The number of ether oxygens (including phenoxy) is 1. The molecule has 2 amide bonds. The van der Waals surface area contributed by atoms with Gasteiger partial charge < -0.3 is 15.0 Å². The molecular weight excluding hydrogens is 444 g/mol. The molecule has 7 heteroatoms. The fourth-order valence-electron chi connectivity index (χ4n) is 3.23. The SMILES string of the molecule is CC[C@H](C(=O)N[C@@H](C)CC)N(Cc1ccc(OC)cc1)C(=O)CSCc1ccccc1Cl. The largest absolute Gasteiger partial charge is 0.497 e.